The first-order valence-electron chi connectivity index (χ1n) is 9.47. The van der Waals surface area contributed by atoms with Crippen molar-refractivity contribution < 1.29 is 22.7 Å². The van der Waals surface area contributed by atoms with E-state index in [0.29, 0.717) is 38.9 Å². The summed E-state index contributed by atoms with van der Waals surface area (Å²) in [6, 6.07) is 10.1. The molecular formula is C23H16ClF4N3O. The smallest absolute Gasteiger partial charge is 0.419 e. The van der Waals surface area contributed by atoms with Gasteiger partial charge >= 0.3 is 6.18 Å². The number of hydrogen-bond acceptors (Lipinski definition) is 4. The van der Waals surface area contributed by atoms with E-state index in [1.54, 1.807) is 37.3 Å². The SMILES string of the molecule is Cc1cc(NC(c2ccc(C(F)(F)F)c(F)c2)c2ccc3cccnc3c2O)ncc1Cl. The van der Waals surface area contributed by atoms with Gasteiger partial charge < -0.3 is 10.4 Å². The topological polar surface area (TPSA) is 58.0 Å². The van der Waals surface area contributed by atoms with Gasteiger partial charge in [-0.2, -0.15) is 13.2 Å². The number of phenols is 1. The number of aromatic hydroxyl groups is 1. The van der Waals surface area contributed by atoms with Crippen LogP contribution in [0.1, 0.15) is 28.3 Å². The molecule has 1 unspecified atom stereocenters. The largest absolute Gasteiger partial charge is 0.505 e. The number of hydrogen-bond donors (Lipinski definition) is 2. The third-order valence-electron chi connectivity index (χ3n) is 5.06. The highest BCUT2D eigenvalue weighted by atomic mass is 35.5. The Kier molecular flexibility index (Phi) is 5.64. The van der Waals surface area contributed by atoms with Crippen LogP contribution in [-0.2, 0) is 6.18 Å². The molecule has 0 bridgehead atoms. The lowest BCUT2D eigenvalue weighted by molar-refractivity contribution is -0.140. The van der Waals surface area contributed by atoms with E-state index in [9.17, 15) is 22.7 Å². The number of nitrogens with zero attached hydrogens (tertiary/aromatic N) is 2. The number of nitrogens with one attached hydrogen (secondary N) is 1. The Bertz CT molecular complexity index is 1310. The Labute approximate surface area is 185 Å². The van der Waals surface area contributed by atoms with Crippen molar-refractivity contribution in [2.24, 2.45) is 0 Å². The maximum atomic E-state index is 14.4. The molecule has 9 heteroatoms. The van der Waals surface area contributed by atoms with Crippen molar-refractivity contribution in [3.05, 3.63) is 94.0 Å². The third-order valence-corrected chi connectivity index (χ3v) is 5.46. The van der Waals surface area contributed by atoms with Gasteiger partial charge in [-0.3, -0.25) is 4.98 Å². The molecule has 2 aromatic carbocycles. The summed E-state index contributed by atoms with van der Waals surface area (Å²) < 4.78 is 53.5. The van der Waals surface area contributed by atoms with Crippen LogP contribution in [0.5, 0.6) is 5.75 Å². The van der Waals surface area contributed by atoms with Crippen molar-refractivity contribution in [1.29, 1.82) is 0 Å². The van der Waals surface area contributed by atoms with Crippen LogP contribution in [0.3, 0.4) is 0 Å². The number of aryl methyl sites for hydroxylation is 1. The molecule has 0 spiro atoms. The quantitative estimate of drug-likeness (QED) is 0.334. The van der Waals surface area contributed by atoms with Gasteiger partial charge in [0.15, 0.2) is 0 Å². The third kappa shape index (κ3) is 4.18. The summed E-state index contributed by atoms with van der Waals surface area (Å²) in [6.07, 6.45) is -1.89. The molecule has 0 saturated carbocycles. The number of aromatic nitrogens is 2. The Hall–Kier alpha value is -3.39. The molecule has 0 aliphatic rings. The lowest BCUT2D eigenvalue weighted by Gasteiger charge is -2.23. The van der Waals surface area contributed by atoms with Crippen LogP contribution in [0.15, 0.2) is 60.9 Å². The van der Waals surface area contributed by atoms with Gasteiger partial charge in [-0.1, -0.05) is 35.9 Å². The molecule has 2 aromatic heterocycles. The van der Waals surface area contributed by atoms with Crippen LogP contribution in [0.2, 0.25) is 5.02 Å². The zero-order valence-electron chi connectivity index (χ0n) is 16.6. The Morgan fingerprint density at radius 1 is 1.06 bits per heavy atom. The van der Waals surface area contributed by atoms with Crippen molar-refractivity contribution in [3.8, 4) is 5.75 Å². The average Bonchev–Trinajstić information content (AvgIpc) is 2.74. The van der Waals surface area contributed by atoms with Gasteiger partial charge in [0.25, 0.3) is 0 Å². The number of fused-ring (bicyclic) bond motifs is 1. The fraction of sp³-hybridized carbons (Fsp3) is 0.130. The van der Waals surface area contributed by atoms with Crippen LogP contribution in [-0.4, -0.2) is 15.1 Å². The standard InChI is InChI=1S/C23H16ClF4N3O/c1-12-9-19(30-11-17(12)24)31-20(14-5-7-16(18(25)10-14)23(26,27)28)15-6-4-13-3-2-8-29-21(13)22(15)32/h2-11,20,32H,1H3,(H,30,31). The number of benzene rings is 2. The molecule has 4 rings (SSSR count). The number of pyridine rings is 2. The minimum Gasteiger partial charge on any atom is -0.505 e. The molecule has 0 saturated heterocycles. The second-order valence-corrected chi connectivity index (χ2v) is 7.62. The minimum atomic E-state index is -4.82. The number of phenolic OH excluding ortho intramolecular Hbond substituents is 1. The second kappa shape index (κ2) is 8.27. The molecule has 0 radical (unpaired) electrons. The van der Waals surface area contributed by atoms with E-state index in [-0.39, 0.29) is 11.3 Å². The van der Waals surface area contributed by atoms with Crippen LogP contribution >= 0.6 is 11.6 Å². The fourth-order valence-corrected chi connectivity index (χ4v) is 3.53. The van der Waals surface area contributed by atoms with E-state index in [4.69, 9.17) is 11.6 Å². The number of halogens is 5. The van der Waals surface area contributed by atoms with E-state index in [0.717, 1.165) is 12.1 Å². The number of alkyl halides is 3. The van der Waals surface area contributed by atoms with Crippen LogP contribution in [0.25, 0.3) is 10.9 Å². The highest BCUT2D eigenvalue weighted by Gasteiger charge is 2.34. The highest BCUT2D eigenvalue weighted by molar-refractivity contribution is 6.31. The summed E-state index contributed by atoms with van der Waals surface area (Å²) in [4.78, 5) is 8.37. The Balaban J connectivity index is 1.86. The van der Waals surface area contributed by atoms with Crippen LogP contribution < -0.4 is 5.32 Å². The van der Waals surface area contributed by atoms with Gasteiger partial charge in [0.1, 0.15) is 22.9 Å². The van der Waals surface area contributed by atoms with Crippen molar-refractivity contribution >= 4 is 28.3 Å². The van der Waals surface area contributed by atoms with Gasteiger partial charge in [-0.25, -0.2) is 9.37 Å². The monoisotopic (exact) mass is 461 g/mol. The Morgan fingerprint density at radius 2 is 1.84 bits per heavy atom. The molecule has 164 valence electrons. The van der Waals surface area contributed by atoms with E-state index in [1.807, 2.05) is 0 Å². The first-order chi connectivity index (χ1) is 15.1. The molecule has 4 nitrogen and oxygen atoms in total. The van der Waals surface area contributed by atoms with Crippen molar-refractivity contribution in [2.45, 2.75) is 19.1 Å². The molecule has 2 N–H and O–H groups in total. The summed E-state index contributed by atoms with van der Waals surface area (Å²) in [6.45, 7) is 1.76. The second-order valence-electron chi connectivity index (χ2n) is 7.21. The van der Waals surface area contributed by atoms with Crippen molar-refractivity contribution in [3.63, 3.8) is 0 Å². The maximum absolute atomic E-state index is 14.4. The van der Waals surface area contributed by atoms with Gasteiger partial charge in [0.05, 0.1) is 16.6 Å². The predicted octanol–water partition coefficient (Wildman–Crippen LogP) is 6.66. The summed E-state index contributed by atoms with van der Waals surface area (Å²) in [5.74, 6) is -1.25. The van der Waals surface area contributed by atoms with Crippen molar-refractivity contribution in [2.75, 3.05) is 5.32 Å². The summed E-state index contributed by atoms with van der Waals surface area (Å²) >= 11 is 6.03. The Morgan fingerprint density at radius 3 is 2.53 bits per heavy atom. The van der Waals surface area contributed by atoms with E-state index < -0.39 is 23.6 Å². The zero-order chi connectivity index (χ0) is 23.0. The number of rotatable bonds is 4. The molecule has 32 heavy (non-hydrogen) atoms. The van der Waals surface area contributed by atoms with Gasteiger partial charge in [0.2, 0.25) is 0 Å². The molecule has 2 heterocycles. The van der Waals surface area contributed by atoms with E-state index >= 15 is 0 Å². The lowest BCUT2D eigenvalue weighted by atomic mass is 9.95. The van der Waals surface area contributed by atoms with Crippen molar-refractivity contribution in [1.82, 2.24) is 9.97 Å². The molecule has 1 atom stereocenters. The van der Waals surface area contributed by atoms with Gasteiger partial charge in [-0.15, -0.1) is 0 Å². The molecule has 0 aliphatic carbocycles. The van der Waals surface area contributed by atoms with E-state index in [2.05, 4.69) is 15.3 Å². The molecule has 0 amide bonds. The minimum absolute atomic E-state index is 0.162. The summed E-state index contributed by atoms with van der Waals surface area (Å²) in [5, 5.41) is 15.1. The summed E-state index contributed by atoms with van der Waals surface area (Å²) in [5.41, 5.74) is 0.112. The molecular weight excluding hydrogens is 446 g/mol. The first kappa shape index (κ1) is 21.8. The maximum Gasteiger partial charge on any atom is 0.419 e. The zero-order valence-corrected chi connectivity index (χ0v) is 17.3. The molecule has 0 aliphatic heterocycles. The van der Waals surface area contributed by atoms with E-state index in [1.165, 1.54) is 12.4 Å². The molecule has 4 aromatic rings. The fourth-order valence-electron chi connectivity index (χ4n) is 3.43. The predicted molar refractivity (Wildman–Crippen MR) is 114 cm³/mol. The van der Waals surface area contributed by atoms with Gasteiger partial charge in [-0.05, 0) is 42.3 Å². The van der Waals surface area contributed by atoms with Gasteiger partial charge in [0, 0.05) is 23.3 Å². The van der Waals surface area contributed by atoms with Crippen LogP contribution in [0, 0.1) is 12.7 Å². The summed E-state index contributed by atoms with van der Waals surface area (Å²) in [7, 11) is 0. The van der Waals surface area contributed by atoms with Crippen LogP contribution in [0.4, 0.5) is 23.4 Å². The average molecular weight is 462 g/mol. The lowest BCUT2D eigenvalue weighted by Crippen LogP contribution is -2.16. The highest BCUT2D eigenvalue weighted by Crippen LogP contribution is 2.38. The molecule has 0 fully saturated rings. The normalized spacial score (nSPS) is 12.7. The first-order valence-corrected chi connectivity index (χ1v) is 9.85. The number of anilines is 1.